The summed E-state index contributed by atoms with van der Waals surface area (Å²) in [5, 5.41) is 13.7. The molecule has 0 aromatic heterocycles. The third kappa shape index (κ3) is 4.71. The first-order chi connectivity index (χ1) is 9.45. The van der Waals surface area contributed by atoms with E-state index in [4.69, 9.17) is 5.11 Å². The maximum atomic E-state index is 12.1. The topological polar surface area (TPSA) is 98.7 Å². The Morgan fingerprint density at radius 3 is 2.25 bits per heavy atom. The number of likely N-dealkylation sites (tertiary alicyclic amines) is 1. The van der Waals surface area contributed by atoms with Gasteiger partial charge in [0.25, 0.3) is 0 Å². The highest BCUT2D eigenvalue weighted by molar-refractivity contribution is 5.88. The smallest absolute Gasteiger partial charge is 0.326 e. The van der Waals surface area contributed by atoms with E-state index in [1.165, 1.54) is 0 Å². The highest BCUT2D eigenvalue weighted by atomic mass is 16.4. The summed E-state index contributed by atoms with van der Waals surface area (Å²) in [6, 6.07) is -2.22. The van der Waals surface area contributed by atoms with Crippen LogP contribution in [0.2, 0.25) is 0 Å². The molecule has 20 heavy (non-hydrogen) atoms. The zero-order valence-electron chi connectivity index (χ0n) is 12.0. The van der Waals surface area contributed by atoms with Crippen molar-refractivity contribution in [3.8, 4) is 0 Å². The molecule has 0 aromatic rings. The molecule has 1 aliphatic rings. The Bertz CT molecular complexity index is 367. The zero-order chi connectivity index (χ0) is 15.1. The van der Waals surface area contributed by atoms with Gasteiger partial charge in [0.1, 0.15) is 12.1 Å². The molecule has 2 unspecified atom stereocenters. The molecule has 1 saturated heterocycles. The van der Waals surface area contributed by atoms with Gasteiger partial charge in [-0.2, -0.15) is 0 Å². The molecule has 1 rings (SSSR count). The molecule has 1 heterocycles. The molecule has 1 aliphatic heterocycles. The monoisotopic (exact) mass is 285 g/mol. The maximum absolute atomic E-state index is 12.1. The van der Waals surface area contributed by atoms with Crippen molar-refractivity contribution in [1.29, 1.82) is 0 Å². The van der Waals surface area contributed by atoms with Crippen molar-refractivity contribution < 1.29 is 19.5 Å². The van der Waals surface area contributed by atoms with Crippen LogP contribution in [0.25, 0.3) is 0 Å². The van der Waals surface area contributed by atoms with Crippen LogP contribution in [0.4, 0.5) is 4.79 Å². The molecule has 0 bridgehead atoms. The van der Waals surface area contributed by atoms with Crippen LogP contribution in [-0.2, 0) is 9.59 Å². The van der Waals surface area contributed by atoms with Gasteiger partial charge in [-0.05, 0) is 32.6 Å². The molecule has 7 nitrogen and oxygen atoms in total. The highest BCUT2D eigenvalue weighted by Crippen LogP contribution is 2.09. The first kappa shape index (κ1) is 16.3. The molecule has 0 aliphatic carbocycles. The molecule has 3 amide bonds. The van der Waals surface area contributed by atoms with E-state index in [0.29, 0.717) is 0 Å². The number of aliphatic carboxylic acids is 1. The Morgan fingerprint density at radius 1 is 1.15 bits per heavy atom. The predicted molar refractivity (Wildman–Crippen MR) is 73.3 cm³/mol. The van der Waals surface area contributed by atoms with Gasteiger partial charge in [-0.15, -0.1) is 0 Å². The van der Waals surface area contributed by atoms with Crippen LogP contribution in [-0.4, -0.2) is 53.1 Å². The normalized spacial score (nSPS) is 18.0. The Labute approximate surface area is 118 Å². The minimum absolute atomic E-state index is 0.122. The average Bonchev–Trinajstić information content (AvgIpc) is 2.44. The van der Waals surface area contributed by atoms with E-state index in [-0.39, 0.29) is 12.3 Å². The second-order valence-corrected chi connectivity index (χ2v) is 5.02. The Balaban J connectivity index is 2.43. The lowest BCUT2D eigenvalue weighted by Gasteiger charge is -2.29. The predicted octanol–water partition coefficient (Wildman–Crippen LogP) is 0.550. The van der Waals surface area contributed by atoms with Gasteiger partial charge in [-0.1, -0.05) is 6.92 Å². The van der Waals surface area contributed by atoms with Crippen molar-refractivity contribution in [2.75, 3.05) is 13.1 Å². The second-order valence-electron chi connectivity index (χ2n) is 5.02. The van der Waals surface area contributed by atoms with Crippen LogP contribution in [0.1, 0.15) is 39.5 Å². The summed E-state index contributed by atoms with van der Waals surface area (Å²) in [4.78, 5) is 36.3. The largest absolute Gasteiger partial charge is 0.480 e. The van der Waals surface area contributed by atoms with Gasteiger partial charge in [0.2, 0.25) is 5.91 Å². The number of nitrogens with one attached hydrogen (secondary N) is 2. The van der Waals surface area contributed by atoms with Crippen LogP contribution in [0, 0.1) is 0 Å². The molecule has 0 saturated carbocycles. The quantitative estimate of drug-likeness (QED) is 0.687. The number of nitrogens with zero attached hydrogens (tertiary/aromatic N) is 1. The number of hydrogen-bond acceptors (Lipinski definition) is 3. The number of amides is 3. The Kier molecular flexibility index (Phi) is 6.27. The molecular weight excluding hydrogens is 262 g/mol. The first-order valence-electron chi connectivity index (χ1n) is 7.04. The number of carbonyl (C=O) groups is 3. The molecular formula is C13H23N3O4. The average molecular weight is 285 g/mol. The van der Waals surface area contributed by atoms with Crippen LogP contribution in [0.3, 0.4) is 0 Å². The molecule has 0 radical (unpaired) electrons. The minimum atomic E-state index is -1.09. The number of piperidine rings is 1. The molecule has 0 spiro atoms. The van der Waals surface area contributed by atoms with Crippen LogP contribution >= 0.6 is 0 Å². The lowest BCUT2D eigenvalue weighted by molar-refractivity contribution is -0.139. The summed E-state index contributed by atoms with van der Waals surface area (Å²) in [5.41, 5.74) is 0. The van der Waals surface area contributed by atoms with Gasteiger partial charge >= 0.3 is 12.0 Å². The third-order valence-electron chi connectivity index (χ3n) is 3.40. The molecule has 114 valence electrons. The second kappa shape index (κ2) is 7.72. The van der Waals surface area contributed by atoms with E-state index < -0.39 is 24.1 Å². The van der Waals surface area contributed by atoms with E-state index in [0.717, 1.165) is 32.4 Å². The fourth-order valence-corrected chi connectivity index (χ4v) is 2.18. The number of carboxylic acids is 1. The number of urea groups is 1. The van der Waals surface area contributed by atoms with Crippen LogP contribution in [0.15, 0.2) is 0 Å². The summed E-state index contributed by atoms with van der Waals surface area (Å²) in [7, 11) is 0. The van der Waals surface area contributed by atoms with Crippen molar-refractivity contribution in [3.63, 3.8) is 0 Å². The van der Waals surface area contributed by atoms with Crippen molar-refractivity contribution in [2.24, 2.45) is 0 Å². The molecule has 2 atom stereocenters. The standard InChI is InChI=1S/C13H23N3O4/c1-3-10(12(18)19)15-13(20)14-9(2)11(17)16-7-5-4-6-8-16/h9-10H,3-8H2,1-2H3,(H,18,19)(H2,14,15,20). The maximum Gasteiger partial charge on any atom is 0.326 e. The minimum Gasteiger partial charge on any atom is -0.480 e. The van der Waals surface area contributed by atoms with E-state index in [1.54, 1.807) is 18.7 Å². The Hall–Kier alpha value is -1.79. The van der Waals surface area contributed by atoms with Crippen LogP contribution in [0.5, 0.6) is 0 Å². The van der Waals surface area contributed by atoms with Gasteiger partial charge in [-0.25, -0.2) is 9.59 Å². The van der Waals surface area contributed by atoms with E-state index in [2.05, 4.69) is 10.6 Å². The highest BCUT2D eigenvalue weighted by Gasteiger charge is 2.24. The van der Waals surface area contributed by atoms with Gasteiger partial charge in [-0.3, -0.25) is 4.79 Å². The van der Waals surface area contributed by atoms with E-state index in [1.807, 2.05) is 0 Å². The van der Waals surface area contributed by atoms with Gasteiger partial charge in [0, 0.05) is 13.1 Å². The van der Waals surface area contributed by atoms with E-state index >= 15 is 0 Å². The van der Waals surface area contributed by atoms with Crippen LogP contribution < -0.4 is 10.6 Å². The van der Waals surface area contributed by atoms with Crippen molar-refractivity contribution in [3.05, 3.63) is 0 Å². The number of carbonyl (C=O) groups excluding carboxylic acids is 2. The zero-order valence-corrected chi connectivity index (χ0v) is 12.0. The lowest BCUT2D eigenvalue weighted by atomic mass is 10.1. The molecule has 7 heteroatoms. The third-order valence-corrected chi connectivity index (χ3v) is 3.40. The molecule has 3 N–H and O–H groups in total. The SMILES string of the molecule is CCC(NC(=O)NC(C)C(=O)N1CCCCC1)C(=O)O. The van der Waals surface area contributed by atoms with Gasteiger partial charge < -0.3 is 20.6 Å². The lowest BCUT2D eigenvalue weighted by Crippen LogP contribution is -2.53. The number of carboxylic acid groups (broad SMARTS) is 1. The number of hydrogen-bond donors (Lipinski definition) is 3. The van der Waals surface area contributed by atoms with E-state index in [9.17, 15) is 14.4 Å². The van der Waals surface area contributed by atoms with Crippen molar-refractivity contribution >= 4 is 17.9 Å². The number of rotatable bonds is 5. The van der Waals surface area contributed by atoms with Gasteiger partial charge in [0.05, 0.1) is 0 Å². The summed E-state index contributed by atoms with van der Waals surface area (Å²) in [5.74, 6) is -1.21. The Morgan fingerprint density at radius 2 is 1.75 bits per heavy atom. The summed E-state index contributed by atoms with van der Waals surface area (Å²) >= 11 is 0. The van der Waals surface area contributed by atoms with Crippen molar-refractivity contribution in [1.82, 2.24) is 15.5 Å². The van der Waals surface area contributed by atoms with Gasteiger partial charge in [0.15, 0.2) is 0 Å². The summed E-state index contributed by atoms with van der Waals surface area (Å²) in [6.45, 7) is 4.72. The first-order valence-corrected chi connectivity index (χ1v) is 7.04. The van der Waals surface area contributed by atoms with Crippen molar-refractivity contribution in [2.45, 2.75) is 51.6 Å². The molecule has 0 aromatic carbocycles. The fourth-order valence-electron chi connectivity index (χ4n) is 2.18. The molecule has 1 fully saturated rings. The summed E-state index contributed by atoms with van der Waals surface area (Å²) in [6.07, 6.45) is 3.39. The summed E-state index contributed by atoms with van der Waals surface area (Å²) < 4.78 is 0. The fraction of sp³-hybridized carbons (Fsp3) is 0.769.